The van der Waals surface area contributed by atoms with Crippen LogP contribution in [-0.4, -0.2) is 54.4 Å². The number of hydrogen-bond acceptors (Lipinski definition) is 3. The minimum absolute atomic E-state index is 0.000618. The van der Waals surface area contributed by atoms with Crippen molar-refractivity contribution in [2.45, 2.75) is 45.6 Å². The molecule has 6 heteroatoms. The minimum atomic E-state index is -0.908. The van der Waals surface area contributed by atoms with Crippen molar-refractivity contribution in [1.82, 2.24) is 10.2 Å². The molecule has 2 rings (SSSR count). The van der Waals surface area contributed by atoms with Crippen molar-refractivity contribution >= 4 is 12.0 Å². The van der Waals surface area contributed by atoms with Crippen LogP contribution in [0.1, 0.15) is 39.5 Å². The van der Waals surface area contributed by atoms with Gasteiger partial charge in [-0.25, -0.2) is 9.59 Å². The van der Waals surface area contributed by atoms with E-state index in [2.05, 4.69) is 12.2 Å². The molecule has 2 N–H and O–H groups in total. The summed E-state index contributed by atoms with van der Waals surface area (Å²) in [5.74, 6) is -0.907. The quantitative estimate of drug-likeness (QED) is 0.831. The van der Waals surface area contributed by atoms with E-state index in [4.69, 9.17) is 4.74 Å². The molecule has 2 amide bonds. The number of ether oxygens (including phenoxy) is 1. The third-order valence-corrected chi connectivity index (χ3v) is 4.81. The van der Waals surface area contributed by atoms with Crippen molar-refractivity contribution in [3.05, 3.63) is 0 Å². The van der Waals surface area contributed by atoms with Gasteiger partial charge >= 0.3 is 12.0 Å². The van der Waals surface area contributed by atoms with E-state index in [0.29, 0.717) is 13.1 Å². The fourth-order valence-electron chi connectivity index (χ4n) is 3.22. The number of carbonyl (C=O) groups excluding carboxylic acids is 1. The fraction of sp³-hybridized carbons (Fsp3) is 0.867. The fourth-order valence-corrected chi connectivity index (χ4v) is 3.22. The van der Waals surface area contributed by atoms with Crippen molar-refractivity contribution in [1.29, 1.82) is 0 Å². The second-order valence-electron chi connectivity index (χ2n) is 6.68. The summed E-state index contributed by atoms with van der Waals surface area (Å²) in [6.45, 7) is 6.59. The van der Waals surface area contributed by atoms with E-state index >= 15 is 0 Å². The molecule has 2 unspecified atom stereocenters. The van der Waals surface area contributed by atoms with E-state index in [1.165, 1.54) is 4.90 Å². The Kier molecular flexibility index (Phi) is 5.08. The van der Waals surface area contributed by atoms with Gasteiger partial charge in [-0.1, -0.05) is 13.8 Å². The third-order valence-electron chi connectivity index (χ3n) is 4.81. The smallest absolute Gasteiger partial charge is 0.326 e. The Hall–Kier alpha value is -1.30. The summed E-state index contributed by atoms with van der Waals surface area (Å²) in [5.41, 5.74) is 0.0496. The predicted octanol–water partition coefficient (Wildman–Crippen LogP) is 1.70. The molecule has 0 bridgehead atoms. The molecule has 2 saturated heterocycles. The number of carboxylic acid groups (broad SMARTS) is 1. The van der Waals surface area contributed by atoms with Gasteiger partial charge in [0.15, 0.2) is 0 Å². The normalized spacial score (nSPS) is 29.0. The maximum absolute atomic E-state index is 12.4. The van der Waals surface area contributed by atoms with Crippen LogP contribution in [0, 0.1) is 11.3 Å². The van der Waals surface area contributed by atoms with Crippen LogP contribution in [0.15, 0.2) is 0 Å². The first-order chi connectivity index (χ1) is 9.93. The van der Waals surface area contributed by atoms with Gasteiger partial charge in [-0.15, -0.1) is 0 Å². The highest BCUT2D eigenvalue weighted by Gasteiger charge is 2.37. The van der Waals surface area contributed by atoms with Gasteiger partial charge in [0.25, 0.3) is 0 Å². The molecule has 0 aromatic heterocycles. The lowest BCUT2D eigenvalue weighted by atomic mass is 9.82. The second kappa shape index (κ2) is 6.64. The standard InChI is InChI=1S/C15H26N2O4/c1-11-4-3-7-17(12(11)13(18)19)14(20)16-10-15(2)5-8-21-9-6-15/h11-12H,3-10H2,1-2H3,(H,16,20)(H,18,19). The van der Waals surface area contributed by atoms with E-state index in [9.17, 15) is 14.7 Å². The van der Waals surface area contributed by atoms with Crippen LogP contribution >= 0.6 is 0 Å². The number of nitrogens with zero attached hydrogens (tertiary/aromatic N) is 1. The third kappa shape index (κ3) is 3.87. The number of aliphatic carboxylic acids is 1. The topological polar surface area (TPSA) is 78.9 Å². The van der Waals surface area contributed by atoms with Crippen molar-refractivity contribution in [3.8, 4) is 0 Å². The zero-order valence-corrected chi connectivity index (χ0v) is 12.9. The van der Waals surface area contributed by atoms with Crippen LogP contribution in [0.5, 0.6) is 0 Å². The van der Waals surface area contributed by atoms with Crippen molar-refractivity contribution in [2.24, 2.45) is 11.3 Å². The number of nitrogens with one attached hydrogen (secondary N) is 1. The number of carboxylic acids is 1. The molecule has 0 aliphatic carbocycles. The zero-order valence-electron chi connectivity index (χ0n) is 12.9. The largest absolute Gasteiger partial charge is 0.480 e. The number of piperidine rings is 1. The van der Waals surface area contributed by atoms with E-state index < -0.39 is 12.0 Å². The van der Waals surface area contributed by atoms with E-state index in [0.717, 1.165) is 38.9 Å². The van der Waals surface area contributed by atoms with E-state index in [1.807, 2.05) is 6.92 Å². The molecule has 2 atom stereocenters. The van der Waals surface area contributed by atoms with Gasteiger partial charge < -0.3 is 20.1 Å². The summed E-state index contributed by atoms with van der Waals surface area (Å²) >= 11 is 0. The van der Waals surface area contributed by atoms with E-state index in [-0.39, 0.29) is 17.4 Å². The lowest BCUT2D eigenvalue weighted by Crippen LogP contribution is -2.56. The Morgan fingerprint density at radius 2 is 2.05 bits per heavy atom. The molecule has 21 heavy (non-hydrogen) atoms. The van der Waals surface area contributed by atoms with Crippen LogP contribution in [0.3, 0.4) is 0 Å². The second-order valence-corrected chi connectivity index (χ2v) is 6.68. The van der Waals surface area contributed by atoms with Crippen molar-refractivity contribution in [3.63, 3.8) is 0 Å². The maximum Gasteiger partial charge on any atom is 0.326 e. The number of carbonyl (C=O) groups is 2. The average Bonchev–Trinajstić information content (AvgIpc) is 2.45. The number of likely N-dealkylation sites (tertiary alicyclic amines) is 1. The average molecular weight is 298 g/mol. The first-order valence-corrected chi connectivity index (χ1v) is 7.78. The highest BCUT2D eigenvalue weighted by molar-refractivity contribution is 5.83. The van der Waals surface area contributed by atoms with Gasteiger partial charge in [-0.2, -0.15) is 0 Å². The minimum Gasteiger partial charge on any atom is -0.480 e. The number of amides is 2. The maximum atomic E-state index is 12.4. The molecule has 0 radical (unpaired) electrons. The monoisotopic (exact) mass is 298 g/mol. The molecule has 0 spiro atoms. The molecule has 0 aromatic carbocycles. The highest BCUT2D eigenvalue weighted by Crippen LogP contribution is 2.29. The van der Waals surface area contributed by atoms with Crippen LogP contribution in [-0.2, 0) is 9.53 Å². The lowest BCUT2D eigenvalue weighted by molar-refractivity contribution is -0.145. The van der Waals surface area contributed by atoms with Gasteiger partial charge in [-0.3, -0.25) is 0 Å². The van der Waals surface area contributed by atoms with Gasteiger partial charge in [0, 0.05) is 26.3 Å². The van der Waals surface area contributed by atoms with E-state index in [1.54, 1.807) is 0 Å². The van der Waals surface area contributed by atoms with Gasteiger partial charge in [0.2, 0.25) is 0 Å². The summed E-state index contributed by atoms with van der Waals surface area (Å²) in [5, 5.41) is 12.3. The molecule has 2 heterocycles. The Morgan fingerprint density at radius 3 is 2.67 bits per heavy atom. The summed E-state index contributed by atoms with van der Waals surface area (Å²) in [6, 6.07) is -0.956. The predicted molar refractivity (Wildman–Crippen MR) is 78.1 cm³/mol. The molecule has 0 aromatic rings. The molecule has 6 nitrogen and oxygen atoms in total. The van der Waals surface area contributed by atoms with Crippen LogP contribution in [0.4, 0.5) is 4.79 Å². The Morgan fingerprint density at radius 1 is 1.38 bits per heavy atom. The molecule has 2 fully saturated rings. The van der Waals surface area contributed by atoms with Gasteiger partial charge in [0.1, 0.15) is 6.04 Å². The van der Waals surface area contributed by atoms with Gasteiger partial charge in [0.05, 0.1) is 0 Å². The summed E-state index contributed by atoms with van der Waals surface area (Å²) in [7, 11) is 0. The summed E-state index contributed by atoms with van der Waals surface area (Å²) in [6.07, 6.45) is 3.57. The van der Waals surface area contributed by atoms with Crippen LogP contribution in [0.2, 0.25) is 0 Å². The van der Waals surface area contributed by atoms with Crippen molar-refractivity contribution < 1.29 is 19.4 Å². The number of urea groups is 1. The molecule has 0 saturated carbocycles. The molecular weight excluding hydrogens is 272 g/mol. The first kappa shape index (κ1) is 16.1. The molecule has 2 aliphatic rings. The van der Waals surface area contributed by atoms with Gasteiger partial charge in [-0.05, 0) is 37.0 Å². The molecule has 2 aliphatic heterocycles. The number of rotatable bonds is 3. The SMILES string of the molecule is CC1CCCN(C(=O)NCC2(C)CCOCC2)C1C(=O)O. The first-order valence-electron chi connectivity index (χ1n) is 7.78. The molecule has 120 valence electrons. The number of hydrogen-bond donors (Lipinski definition) is 2. The van der Waals surface area contributed by atoms with Crippen LogP contribution < -0.4 is 5.32 Å². The summed E-state index contributed by atoms with van der Waals surface area (Å²) in [4.78, 5) is 25.3. The highest BCUT2D eigenvalue weighted by atomic mass is 16.5. The lowest BCUT2D eigenvalue weighted by Gasteiger charge is -2.39. The Labute approximate surface area is 125 Å². The van der Waals surface area contributed by atoms with Crippen LogP contribution in [0.25, 0.3) is 0 Å². The summed E-state index contributed by atoms with van der Waals surface area (Å²) < 4.78 is 5.35. The molecular formula is C15H26N2O4. The van der Waals surface area contributed by atoms with Crippen molar-refractivity contribution in [2.75, 3.05) is 26.3 Å². The Bertz CT molecular complexity index is 393. The zero-order chi connectivity index (χ0) is 15.5. The Balaban J connectivity index is 1.93.